The van der Waals surface area contributed by atoms with Gasteiger partial charge in [-0.15, -0.1) is 0 Å². The van der Waals surface area contributed by atoms with E-state index in [1.54, 1.807) is 25.1 Å². The number of amides is 1. The van der Waals surface area contributed by atoms with Crippen molar-refractivity contribution in [3.05, 3.63) is 58.0 Å². The van der Waals surface area contributed by atoms with E-state index >= 15 is 0 Å². The molecular weight excluding hydrogens is 264 g/mol. The zero-order chi connectivity index (χ0) is 14.7. The van der Waals surface area contributed by atoms with Crippen molar-refractivity contribution in [1.29, 1.82) is 0 Å². The van der Waals surface area contributed by atoms with Crippen LogP contribution >= 0.6 is 0 Å². The molecule has 0 saturated heterocycles. The molecule has 2 aromatic rings. The van der Waals surface area contributed by atoms with Crippen LogP contribution in [0.3, 0.4) is 0 Å². The van der Waals surface area contributed by atoms with E-state index < -0.39 is 10.8 Å². The van der Waals surface area contributed by atoms with Crippen LogP contribution in [0.2, 0.25) is 0 Å². The van der Waals surface area contributed by atoms with Crippen LogP contribution in [0, 0.1) is 17.0 Å². The maximum Gasteiger partial charge on any atom is 0.317 e. The van der Waals surface area contributed by atoms with Gasteiger partial charge in [-0.3, -0.25) is 19.7 Å². The number of nitro groups is 1. The average molecular weight is 276 g/mol. The van der Waals surface area contributed by atoms with Gasteiger partial charge in [-0.1, -0.05) is 6.07 Å². The Balaban J connectivity index is 2.40. The SMILES string of the molecule is CON(C(=O)c1ccco1)c1ccc(C)c([N+](=O)[O-])c1. The highest BCUT2D eigenvalue weighted by atomic mass is 16.7. The molecule has 1 aromatic carbocycles. The summed E-state index contributed by atoms with van der Waals surface area (Å²) >= 11 is 0. The zero-order valence-electron chi connectivity index (χ0n) is 10.9. The van der Waals surface area contributed by atoms with E-state index in [1.807, 2.05) is 0 Å². The van der Waals surface area contributed by atoms with Crippen LogP contribution in [0.4, 0.5) is 11.4 Å². The summed E-state index contributed by atoms with van der Waals surface area (Å²) in [4.78, 5) is 27.6. The van der Waals surface area contributed by atoms with Gasteiger partial charge < -0.3 is 4.42 Å². The molecule has 20 heavy (non-hydrogen) atoms. The van der Waals surface area contributed by atoms with Crippen molar-refractivity contribution in [3.63, 3.8) is 0 Å². The first-order chi connectivity index (χ1) is 9.54. The number of hydroxylamine groups is 1. The van der Waals surface area contributed by atoms with E-state index in [9.17, 15) is 14.9 Å². The maximum absolute atomic E-state index is 12.1. The monoisotopic (exact) mass is 276 g/mol. The molecule has 1 heterocycles. The Labute approximate surface area is 114 Å². The van der Waals surface area contributed by atoms with E-state index in [4.69, 9.17) is 9.25 Å². The lowest BCUT2D eigenvalue weighted by Gasteiger charge is -2.18. The molecular formula is C13H12N2O5. The summed E-state index contributed by atoms with van der Waals surface area (Å²) in [5.41, 5.74) is 0.670. The Morgan fingerprint density at radius 2 is 2.15 bits per heavy atom. The number of carbonyl (C=O) groups excluding carboxylic acids is 1. The minimum absolute atomic E-state index is 0.0788. The fourth-order valence-corrected chi connectivity index (χ4v) is 1.73. The normalized spacial score (nSPS) is 10.3. The Morgan fingerprint density at radius 1 is 1.40 bits per heavy atom. The molecule has 7 nitrogen and oxygen atoms in total. The number of nitrogens with zero attached hydrogens (tertiary/aromatic N) is 2. The summed E-state index contributed by atoms with van der Waals surface area (Å²) in [5.74, 6) is -0.467. The van der Waals surface area contributed by atoms with E-state index in [-0.39, 0.29) is 17.1 Å². The lowest BCUT2D eigenvalue weighted by molar-refractivity contribution is -0.385. The van der Waals surface area contributed by atoms with Crippen molar-refractivity contribution in [2.45, 2.75) is 6.92 Å². The first-order valence-corrected chi connectivity index (χ1v) is 5.71. The van der Waals surface area contributed by atoms with E-state index in [1.165, 1.54) is 25.5 Å². The van der Waals surface area contributed by atoms with Crippen LogP contribution in [-0.4, -0.2) is 17.9 Å². The fraction of sp³-hybridized carbons (Fsp3) is 0.154. The Morgan fingerprint density at radius 3 is 2.70 bits per heavy atom. The van der Waals surface area contributed by atoms with Crippen molar-refractivity contribution in [3.8, 4) is 0 Å². The van der Waals surface area contributed by atoms with Gasteiger partial charge in [-0.05, 0) is 25.1 Å². The van der Waals surface area contributed by atoms with Crippen LogP contribution in [0.5, 0.6) is 0 Å². The molecule has 1 amide bonds. The highest BCUT2D eigenvalue weighted by molar-refractivity contribution is 6.02. The quantitative estimate of drug-likeness (QED) is 0.633. The maximum atomic E-state index is 12.1. The number of nitro benzene ring substituents is 1. The second kappa shape index (κ2) is 5.54. The average Bonchev–Trinajstić information content (AvgIpc) is 2.94. The van der Waals surface area contributed by atoms with Crippen molar-refractivity contribution in [2.24, 2.45) is 0 Å². The second-order valence-corrected chi connectivity index (χ2v) is 3.99. The van der Waals surface area contributed by atoms with Gasteiger partial charge in [0.05, 0.1) is 24.0 Å². The van der Waals surface area contributed by atoms with Crippen LogP contribution in [0.25, 0.3) is 0 Å². The largest absolute Gasteiger partial charge is 0.459 e. The zero-order valence-corrected chi connectivity index (χ0v) is 10.9. The number of aryl methyl sites for hydroxylation is 1. The molecule has 0 aliphatic carbocycles. The summed E-state index contributed by atoms with van der Waals surface area (Å²) in [6.07, 6.45) is 1.36. The third-order valence-electron chi connectivity index (χ3n) is 2.72. The number of rotatable bonds is 4. The number of benzene rings is 1. The lowest BCUT2D eigenvalue weighted by Crippen LogP contribution is -2.29. The number of carbonyl (C=O) groups is 1. The molecule has 0 saturated carbocycles. The highest BCUT2D eigenvalue weighted by Gasteiger charge is 2.22. The molecule has 104 valence electrons. The first kappa shape index (κ1) is 13.8. The summed E-state index contributed by atoms with van der Waals surface area (Å²) in [7, 11) is 1.30. The molecule has 0 unspecified atom stereocenters. The predicted molar refractivity (Wildman–Crippen MR) is 70.4 cm³/mol. The third-order valence-corrected chi connectivity index (χ3v) is 2.72. The molecule has 0 radical (unpaired) electrons. The van der Waals surface area contributed by atoms with E-state index in [0.717, 1.165) is 5.06 Å². The van der Waals surface area contributed by atoms with Crippen LogP contribution in [0.15, 0.2) is 41.0 Å². The Kier molecular flexibility index (Phi) is 3.81. The van der Waals surface area contributed by atoms with Gasteiger partial charge in [0.25, 0.3) is 5.69 Å². The minimum atomic E-state index is -0.546. The van der Waals surface area contributed by atoms with Gasteiger partial charge >= 0.3 is 5.91 Å². The molecule has 1 aromatic heterocycles. The lowest BCUT2D eigenvalue weighted by atomic mass is 10.2. The fourth-order valence-electron chi connectivity index (χ4n) is 1.73. The van der Waals surface area contributed by atoms with Gasteiger partial charge in [0.2, 0.25) is 0 Å². The van der Waals surface area contributed by atoms with Crippen LogP contribution < -0.4 is 5.06 Å². The smallest absolute Gasteiger partial charge is 0.317 e. The second-order valence-electron chi connectivity index (χ2n) is 3.99. The van der Waals surface area contributed by atoms with Gasteiger partial charge in [0.15, 0.2) is 5.76 Å². The summed E-state index contributed by atoms with van der Waals surface area (Å²) in [6, 6.07) is 7.44. The number of hydrogen-bond donors (Lipinski definition) is 0. The minimum Gasteiger partial charge on any atom is -0.459 e. The first-order valence-electron chi connectivity index (χ1n) is 5.71. The highest BCUT2D eigenvalue weighted by Crippen LogP contribution is 2.26. The third kappa shape index (κ3) is 2.52. The van der Waals surface area contributed by atoms with E-state index in [0.29, 0.717) is 5.56 Å². The van der Waals surface area contributed by atoms with Gasteiger partial charge in [0, 0.05) is 11.6 Å². The number of hydrogen-bond acceptors (Lipinski definition) is 5. The molecule has 0 fully saturated rings. The van der Waals surface area contributed by atoms with Crippen molar-refractivity contribution >= 4 is 17.3 Å². The summed E-state index contributed by atoms with van der Waals surface area (Å²) in [6.45, 7) is 1.62. The number of anilines is 1. The molecule has 2 rings (SSSR count). The molecule has 0 aliphatic rings. The van der Waals surface area contributed by atoms with Crippen LogP contribution in [-0.2, 0) is 4.84 Å². The van der Waals surface area contributed by atoms with E-state index in [2.05, 4.69) is 0 Å². The van der Waals surface area contributed by atoms with Gasteiger partial charge in [-0.25, -0.2) is 0 Å². The van der Waals surface area contributed by atoms with Crippen LogP contribution in [0.1, 0.15) is 16.1 Å². The summed E-state index contributed by atoms with van der Waals surface area (Å²) < 4.78 is 5.00. The summed E-state index contributed by atoms with van der Waals surface area (Å²) in [5, 5.41) is 11.9. The molecule has 0 N–H and O–H groups in total. The molecule has 0 aliphatic heterocycles. The Hall–Kier alpha value is -2.67. The van der Waals surface area contributed by atoms with Crippen molar-refractivity contribution < 1.29 is 19.0 Å². The topological polar surface area (TPSA) is 85.8 Å². The van der Waals surface area contributed by atoms with Gasteiger partial charge in [0.1, 0.15) is 0 Å². The van der Waals surface area contributed by atoms with Crippen molar-refractivity contribution in [1.82, 2.24) is 0 Å². The molecule has 7 heteroatoms. The standard InChI is InChI=1S/C13H12N2O5/c1-9-5-6-10(8-11(9)15(17)18)14(19-2)13(16)12-4-3-7-20-12/h3-8H,1-2H3. The van der Waals surface area contributed by atoms with Gasteiger partial charge in [-0.2, -0.15) is 5.06 Å². The number of furan rings is 1. The molecule has 0 atom stereocenters. The molecule has 0 bridgehead atoms. The Bertz CT molecular complexity index is 636. The molecule has 0 spiro atoms. The predicted octanol–water partition coefficient (Wildman–Crippen LogP) is 2.70. The van der Waals surface area contributed by atoms with Crippen molar-refractivity contribution in [2.75, 3.05) is 12.2 Å².